The number of carbonyl (C=O) groups is 2. The molecule has 0 radical (unpaired) electrons. The Bertz CT molecular complexity index is 969. The van der Waals surface area contributed by atoms with Gasteiger partial charge < -0.3 is 24.0 Å². The van der Waals surface area contributed by atoms with Crippen LogP contribution in [0.1, 0.15) is 142 Å². The molecule has 2 unspecified atom stereocenters. The van der Waals surface area contributed by atoms with Crippen LogP contribution < -0.4 is 0 Å². The van der Waals surface area contributed by atoms with Crippen LogP contribution in [0.2, 0.25) is 0 Å². The Kier molecular flexibility index (Phi) is 26.5. The molecule has 1 heterocycles. The first-order valence-corrected chi connectivity index (χ1v) is 19.6. The van der Waals surface area contributed by atoms with E-state index >= 15 is 0 Å². The Morgan fingerprint density at radius 3 is 1.89 bits per heavy atom. The molecule has 3 atom stereocenters. The van der Waals surface area contributed by atoms with Crippen LogP contribution in [0.5, 0.6) is 0 Å². The average molecular weight is 683 g/mol. The van der Waals surface area contributed by atoms with Crippen LogP contribution in [-0.2, 0) is 32.9 Å². The summed E-state index contributed by atoms with van der Waals surface area (Å²) in [6, 6.07) is 0. The highest BCUT2D eigenvalue weighted by atomic mass is 31.2. The molecule has 0 bridgehead atoms. The molecule has 0 aliphatic carbocycles. The van der Waals surface area contributed by atoms with Gasteiger partial charge in [-0.15, -0.1) is 0 Å². The van der Waals surface area contributed by atoms with E-state index in [0.717, 1.165) is 64.2 Å². The molecule has 0 saturated carbocycles. The van der Waals surface area contributed by atoms with Crippen molar-refractivity contribution in [3.63, 3.8) is 0 Å². The molecule has 1 rings (SSSR count). The standard InChI is InChI=1S/C37H63O9P/c1-3-5-7-9-11-13-14-16-18-20-25-29-36(38)43-31-33(32-44-47(40,41)42)45-37(39)30-26-22-21-24-28-35-34(46-35)27-23-19-17-15-12-10-8-6-4-2/h9,11-12,15,19,21,23-24,33-35H,3-8,10,13-14,16-18,20,22,25-32H2,1-2H3,(H2,40,41,42)/b11-9-,15-12-,23-19-,24-21-/t33-,34?,35?/m1/s1. The number of phosphoric ester groups is 1. The smallest absolute Gasteiger partial charge is 0.462 e. The lowest BCUT2D eigenvalue weighted by atomic mass is 10.1. The van der Waals surface area contributed by atoms with Crippen LogP contribution >= 0.6 is 7.82 Å². The van der Waals surface area contributed by atoms with Gasteiger partial charge in [-0.2, -0.15) is 0 Å². The first kappa shape index (κ1) is 43.0. The molecule has 10 heteroatoms. The molecule has 0 aromatic rings. The number of ether oxygens (including phenoxy) is 3. The SMILES string of the molecule is CCCC/C=C\CCCCCCCC(=O)OC[C@H](COP(=O)(O)O)OC(=O)CCC/C=C\CC1OC1C/C=C\C/C=C\CCCCC. The van der Waals surface area contributed by atoms with Gasteiger partial charge in [-0.25, -0.2) is 4.57 Å². The zero-order valence-corrected chi connectivity index (χ0v) is 30.0. The summed E-state index contributed by atoms with van der Waals surface area (Å²) in [4.78, 5) is 42.6. The third kappa shape index (κ3) is 28.7. The molecule has 0 aromatic heterocycles. The van der Waals surface area contributed by atoms with E-state index in [1.54, 1.807) is 0 Å². The fourth-order valence-electron chi connectivity index (χ4n) is 4.86. The molecule has 9 nitrogen and oxygen atoms in total. The molecule has 1 fully saturated rings. The highest BCUT2D eigenvalue weighted by Gasteiger charge is 2.36. The summed E-state index contributed by atoms with van der Waals surface area (Å²) >= 11 is 0. The second-order valence-electron chi connectivity index (χ2n) is 12.2. The van der Waals surface area contributed by atoms with Crippen LogP contribution in [0, 0.1) is 0 Å². The van der Waals surface area contributed by atoms with E-state index in [0.29, 0.717) is 19.3 Å². The summed E-state index contributed by atoms with van der Waals surface area (Å²) in [6.07, 6.45) is 35.8. The Hall–Kier alpha value is -2.03. The van der Waals surface area contributed by atoms with Gasteiger partial charge >= 0.3 is 19.8 Å². The van der Waals surface area contributed by atoms with E-state index in [2.05, 4.69) is 60.9 Å². The van der Waals surface area contributed by atoms with Crippen molar-refractivity contribution >= 4 is 19.8 Å². The lowest BCUT2D eigenvalue weighted by Crippen LogP contribution is -2.29. The van der Waals surface area contributed by atoms with Crippen LogP contribution in [0.15, 0.2) is 48.6 Å². The van der Waals surface area contributed by atoms with Gasteiger partial charge in [0.05, 0.1) is 18.8 Å². The van der Waals surface area contributed by atoms with Crippen molar-refractivity contribution in [1.82, 2.24) is 0 Å². The fourth-order valence-corrected chi connectivity index (χ4v) is 5.22. The van der Waals surface area contributed by atoms with Crippen molar-refractivity contribution in [2.45, 2.75) is 161 Å². The predicted molar refractivity (Wildman–Crippen MR) is 188 cm³/mol. The van der Waals surface area contributed by atoms with Crippen LogP contribution in [0.4, 0.5) is 0 Å². The van der Waals surface area contributed by atoms with Gasteiger partial charge in [0, 0.05) is 12.8 Å². The molecular weight excluding hydrogens is 619 g/mol. The number of allylic oxidation sites excluding steroid dienone is 6. The lowest BCUT2D eigenvalue weighted by Gasteiger charge is -2.18. The van der Waals surface area contributed by atoms with Crippen molar-refractivity contribution in [1.29, 1.82) is 0 Å². The molecule has 1 aliphatic heterocycles. The zero-order valence-electron chi connectivity index (χ0n) is 29.1. The van der Waals surface area contributed by atoms with E-state index in [9.17, 15) is 14.2 Å². The molecule has 47 heavy (non-hydrogen) atoms. The predicted octanol–water partition coefficient (Wildman–Crippen LogP) is 9.38. The van der Waals surface area contributed by atoms with Crippen molar-refractivity contribution in [2.75, 3.05) is 13.2 Å². The van der Waals surface area contributed by atoms with Gasteiger partial charge in [-0.3, -0.25) is 14.1 Å². The van der Waals surface area contributed by atoms with Gasteiger partial charge in [0.15, 0.2) is 6.10 Å². The second kappa shape index (κ2) is 28.9. The minimum Gasteiger partial charge on any atom is -0.462 e. The Balaban J connectivity index is 2.18. The number of epoxide rings is 1. The first-order valence-electron chi connectivity index (χ1n) is 18.1. The maximum Gasteiger partial charge on any atom is 0.469 e. The summed E-state index contributed by atoms with van der Waals surface area (Å²) in [7, 11) is -4.77. The molecule has 0 aromatic carbocycles. The summed E-state index contributed by atoms with van der Waals surface area (Å²) in [5, 5.41) is 0. The number of unbranched alkanes of at least 4 members (excludes halogenated alkanes) is 11. The number of phosphoric acid groups is 1. The van der Waals surface area contributed by atoms with Crippen molar-refractivity contribution < 1.29 is 42.7 Å². The fraction of sp³-hybridized carbons (Fsp3) is 0.730. The van der Waals surface area contributed by atoms with Crippen LogP contribution in [0.3, 0.4) is 0 Å². The minimum absolute atomic E-state index is 0.125. The zero-order chi connectivity index (χ0) is 34.4. The van der Waals surface area contributed by atoms with Gasteiger partial charge in [-0.1, -0.05) is 107 Å². The number of esters is 2. The third-order valence-electron chi connectivity index (χ3n) is 7.72. The molecule has 2 N–H and O–H groups in total. The quantitative estimate of drug-likeness (QED) is 0.0241. The van der Waals surface area contributed by atoms with Gasteiger partial charge in [-0.05, 0) is 70.6 Å². The number of hydrogen-bond acceptors (Lipinski definition) is 7. The highest BCUT2D eigenvalue weighted by molar-refractivity contribution is 7.46. The van der Waals surface area contributed by atoms with E-state index in [1.807, 2.05) is 6.08 Å². The Morgan fingerprint density at radius 2 is 1.19 bits per heavy atom. The van der Waals surface area contributed by atoms with E-state index in [-0.39, 0.29) is 31.7 Å². The number of rotatable bonds is 31. The topological polar surface area (TPSA) is 132 Å². The molecule has 270 valence electrons. The van der Waals surface area contributed by atoms with Crippen molar-refractivity contribution in [2.24, 2.45) is 0 Å². The summed E-state index contributed by atoms with van der Waals surface area (Å²) in [6.45, 7) is 3.52. The Morgan fingerprint density at radius 1 is 0.660 bits per heavy atom. The van der Waals surface area contributed by atoms with E-state index in [1.165, 1.54) is 32.1 Å². The van der Waals surface area contributed by atoms with Crippen molar-refractivity contribution in [3.8, 4) is 0 Å². The Labute approximate surface area is 284 Å². The molecular formula is C37H63O9P. The normalized spacial score (nSPS) is 17.4. The van der Waals surface area contributed by atoms with Gasteiger partial charge in [0.25, 0.3) is 0 Å². The van der Waals surface area contributed by atoms with Gasteiger partial charge in [0.1, 0.15) is 6.61 Å². The van der Waals surface area contributed by atoms with E-state index < -0.39 is 32.5 Å². The number of hydrogen-bond donors (Lipinski definition) is 2. The summed E-state index contributed by atoms with van der Waals surface area (Å²) in [5.41, 5.74) is 0. The number of carbonyl (C=O) groups excluding carboxylic acids is 2. The third-order valence-corrected chi connectivity index (χ3v) is 8.21. The van der Waals surface area contributed by atoms with Crippen molar-refractivity contribution in [3.05, 3.63) is 48.6 Å². The summed E-state index contributed by atoms with van der Waals surface area (Å²) in [5.74, 6) is -0.975. The minimum atomic E-state index is -4.77. The average Bonchev–Trinajstić information content (AvgIpc) is 3.79. The lowest BCUT2D eigenvalue weighted by molar-refractivity contribution is -0.161. The van der Waals surface area contributed by atoms with Crippen LogP contribution in [-0.4, -0.2) is 53.3 Å². The highest BCUT2D eigenvalue weighted by Crippen LogP contribution is 2.36. The largest absolute Gasteiger partial charge is 0.469 e. The summed E-state index contributed by atoms with van der Waals surface area (Å²) < 4.78 is 31.9. The van der Waals surface area contributed by atoms with Gasteiger partial charge in [0.2, 0.25) is 0 Å². The maximum absolute atomic E-state index is 12.4. The maximum atomic E-state index is 12.4. The monoisotopic (exact) mass is 682 g/mol. The molecule has 1 aliphatic rings. The van der Waals surface area contributed by atoms with Crippen LogP contribution in [0.25, 0.3) is 0 Å². The second-order valence-corrected chi connectivity index (χ2v) is 13.5. The molecule has 0 spiro atoms. The van der Waals surface area contributed by atoms with E-state index in [4.69, 9.17) is 24.0 Å². The first-order chi connectivity index (χ1) is 22.7. The molecule has 1 saturated heterocycles. The molecule has 0 amide bonds.